The van der Waals surface area contributed by atoms with Crippen LogP contribution in [0.1, 0.15) is 43.9 Å². The molecule has 106 valence electrons. The van der Waals surface area contributed by atoms with Crippen LogP contribution in [0.4, 0.5) is 0 Å². The van der Waals surface area contributed by atoms with Crippen molar-refractivity contribution in [3.05, 3.63) is 58.6 Å². The maximum Gasteiger partial charge on any atom is 0.146 e. The summed E-state index contributed by atoms with van der Waals surface area (Å²) in [6.45, 7) is 6.26. The number of ether oxygens (including phenoxy) is 1. The fraction of sp³-hybridized carbons (Fsp3) is 0.294. The fourth-order valence-electron chi connectivity index (χ4n) is 1.93. The van der Waals surface area contributed by atoms with Crippen molar-refractivity contribution in [2.24, 2.45) is 5.73 Å². The van der Waals surface area contributed by atoms with Crippen molar-refractivity contribution in [2.45, 2.75) is 32.7 Å². The van der Waals surface area contributed by atoms with E-state index in [1.54, 1.807) is 0 Å². The second kappa shape index (κ2) is 6.29. The number of rotatable bonds is 4. The van der Waals surface area contributed by atoms with E-state index in [2.05, 4.69) is 26.0 Å². The number of nitrogens with two attached hydrogens (primary N) is 1. The van der Waals surface area contributed by atoms with Gasteiger partial charge in [0.1, 0.15) is 11.5 Å². The molecule has 0 saturated carbocycles. The van der Waals surface area contributed by atoms with Crippen LogP contribution in [-0.2, 0) is 0 Å². The SMILES string of the molecule is CC(C)c1ccc(Oc2ccc([C@H](C)N)cc2Cl)cc1. The lowest BCUT2D eigenvalue weighted by molar-refractivity contribution is 0.482. The van der Waals surface area contributed by atoms with Crippen LogP contribution in [0.3, 0.4) is 0 Å². The van der Waals surface area contributed by atoms with Crippen molar-refractivity contribution in [3.8, 4) is 11.5 Å². The van der Waals surface area contributed by atoms with Crippen LogP contribution in [0.25, 0.3) is 0 Å². The Morgan fingerprint density at radius 3 is 2.05 bits per heavy atom. The molecule has 2 rings (SSSR count). The molecule has 2 aromatic rings. The third kappa shape index (κ3) is 3.53. The van der Waals surface area contributed by atoms with Gasteiger partial charge in [0.15, 0.2) is 0 Å². The zero-order valence-corrected chi connectivity index (χ0v) is 12.8. The first-order valence-electron chi connectivity index (χ1n) is 6.80. The predicted molar refractivity (Wildman–Crippen MR) is 84.7 cm³/mol. The van der Waals surface area contributed by atoms with Gasteiger partial charge in [-0.25, -0.2) is 0 Å². The van der Waals surface area contributed by atoms with Gasteiger partial charge in [0, 0.05) is 6.04 Å². The lowest BCUT2D eigenvalue weighted by Gasteiger charge is -2.12. The monoisotopic (exact) mass is 289 g/mol. The molecule has 2 N–H and O–H groups in total. The first-order valence-corrected chi connectivity index (χ1v) is 7.18. The molecule has 0 radical (unpaired) electrons. The first-order chi connectivity index (χ1) is 9.47. The molecule has 1 atom stereocenters. The molecule has 0 fully saturated rings. The average molecular weight is 290 g/mol. The molecule has 0 aliphatic carbocycles. The molecule has 3 heteroatoms. The lowest BCUT2D eigenvalue weighted by Crippen LogP contribution is -2.04. The van der Waals surface area contributed by atoms with E-state index >= 15 is 0 Å². The van der Waals surface area contributed by atoms with Crippen molar-refractivity contribution < 1.29 is 4.74 Å². The van der Waals surface area contributed by atoms with Crippen LogP contribution >= 0.6 is 11.6 Å². The third-order valence-electron chi connectivity index (χ3n) is 3.26. The third-order valence-corrected chi connectivity index (χ3v) is 3.55. The molecule has 0 amide bonds. The number of hydrogen-bond acceptors (Lipinski definition) is 2. The van der Waals surface area contributed by atoms with Crippen molar-refractivity contribution in [2.75, 3.05) is 0 Å². The predicted octanol–water partition coefficient (Wildman–Crippen LogP) is 5.28. The van der Waals surface area contributed by atoms with E-state index in [4.69, 9.17) is 22.1 Å². The fourth-order valence-corrected chi connectivity index (χ4v) is 2.16. The van der Waals surface area contributed by atoms with Gasteiger partial charge in [0.05, 0.1) is 5.02 Å². The quantitative estimate of drug-likeness (QED) is 0.831. The van der Waals surface area contributed by atoms with E-state index < -0.39 is 0 Å². The summed E-state index contributed by atoms with van der Waals surface area (Å²) in [5.74, 6) is 1.94. The van der Waals surface area contributed by atoms with E-state index in [9.17, 15) is 0 Å². The van der Waals surface area contributed by atoms with Gasteiger partial charge >= 0.3 is 0 Å². The molecule has 0 saturated heterocycles. The van der Waals surface area contributed by atoms with Crippen molar-refractivity contribution in [3.63, 3.8) is 0 Å². The Bertz CT molecular complexity index is 576. The van der Waals surface area contributed by atoms with Gasteiger partial charge in [-0.15, -0.1) is 0 Å². The minimum Gasteiger partial charge on any atom is -0.456 e. The van der Waals surface area contributed by atoms with Gasteiger partial charge in [-0.3, -0.25) is 0 Å². The highest BCUT2D eigenvalue weighted by Crippen LogP contribution is 2.31. The van der Waals surface area contributed by atoms with Gasteiger partial charge in [-0.05, 0) is 48.2 Å². The molecule has 0 unspecified atom stereocenters. The van der Waals surface area contributed by atoms with Crippen LogP contribution in [0.15, 0.2) is 42.5 Å². The normalized spacial score (nSPS) is 12.5. The smallest absolute Gasteiger partial charge is 0.146 e. The molecule has 2 aromatic carbocycles. The number of hydrogen-bond donors (Lipinski definition) is 1. The lowest BCUT2D eigenvalue weighted by atomic mass is 10.0. The molecule has 0 aliphatic rings. The molecule has 0 bridgehead atoms. The summed E-state index contributed by atoms with van der Waals surface area (Å²) < 4.78 is 5.81. The average Bonchev–Trinajstić information content (AvgIpc) is 2.41. The Balaban J connectivity index is 2.17. The molecule has 0 aliphatic heterocycles. The zero-order chi connectivity index (χ0) is 14.7. The highest BCUT2D eigenvalue weighted by atomic mass is 35.5. The Morgan fingerprint density at radius 2 is 1.55 bits per heavy atom. The Hall–Kier alpha value is -1.51. The van der Waals surface area contributed by atoms with Crippen molar-refractivity contribution >= 4 is 11.6 Å². The van der Waals surface area contributed by atoms with Crippen molar-refractivity contribution in [1.82, 2.24) is 0 Å². The van der Waals surface area contributed by atoms with Gasteiger partial charge in [0.25, 0.3) is 0 Å². The minimum absolute atomic E-state index is 0.0353. The molecule has 0 aromatic heterocycles. The largest absolute Gasteiger partial charge is 0.456 e. The van der Waals surface area contributed by atoms with Gasteiger partial charge < -0.3 is 10.5 Å². The van der Waals surface area contributed by atoms with Gasteiger partial charge in [-0.2, -0.15) is 0 Å². The standard InChI is InChI=1S/C17H20ClNO/c1-11(2)13-4-7-15(8-5-13)20-17-9-6-14(12(3)19)10-16(17)18/h4-12H,19H2,1-3H3/t12-/m0/s1. The van der Waals surface area contributed by atoms with E-state index in [1.807, 2.05) is 37.3 Å². The molecule has 0 spiro atoms. The summed E-state index contributed by atoms with van der Waals surface area (Å²) in [7, 11) is 0. The number of halogens is 1. The Labute approximate surface area is 125 Å². The van der Waals surface area contributed by atoms with Crippen LogP contribution in [0, 0.1) is 0 Å². The van der Waals surface area contributed by atoms with Gasteiger partial charge in [0.2, 0.25) is 0 Å². The zero-order valence-electron chi connectivity index (χ0n) is 12.1. The molecule has 20 heavy (non-hydrogen) atoms. The molecular weight excluding hydrogens is 270 g/mol. The minimum atomic E-state index is -0.0353. The molecule has 0 heterocycles. The Kier molecular flexibility index (Phi) is 4.69. The topological polar surface area (TPSA) is 35.2 Å². The second-order valence-electron chi connectivity index (χ2n) is 5.30. The summed E-state index contributed by atoms with van der Waals surface area (Å²) in [6.07, 6.45) is 0. The van der Waals surface area contributed by atoms with E-state index in [0.29, 0.717) is 16.7 Å². The number of benzene rings is 2. The van der Waals surface area contributed by atoms with Crippen molar-refractivity contribution in [1.29, 1.82) is 0 Å². The highest BCUT2D eigenvalue weighted by molar-refractivity contribution is 6.32. The first kappa shape index (κ1) is 14.9. The van der Waals surface area contributed by atoms with Crippen LogP contribution in [-0.4, -0.2) is 0 Å². The van der Waals surface area contributed by atoms with Crippen LogP contribution < -0.4 is 10.5 Å². The van der Waals surface area contributed by atoms with E-state index in [1.165, 1.54) is 5.56 Å². The second-order valence-corrected chi connectivity index (χ2v) is 5.71. The molecular formula is C17H20ClNO. The summed E-state index contributed by atoms with van der Waals surface area (Å²) in [5.41, 5.74) is 8.12. The van der Waals surface area contributed by atoms with Crippen LogP contribution in [0.5, 0.6) is 11.5 Å². The summed E-state index contributed by atoms with van der Waals surface area (Å²) >= 11 is 6.22. The van der Waals surface area contributed by atoms with E-state index in [0.717, 1.165) is 11.3 Å². The highest BCUT2D eigenvalue weighted by Gasteiger charge is 2.07. The van der Waals surface area contributed by atoms with E-state index in [-0.39, 0.29) is 6.04 Å². The van der Waals surface area contributed by atoms with Gasteiger partial charge in [-0.1, -0.05) is 43.6 Å². The maximum atomic E-state index is 6.22. The van der Waals surface area contributed by atoms with Crippen LogP contribution in [0.2, 0.25) is 5.02 Å². The summed E-state index contributed by atoms with van der Waals surface area (Å²) in [5, 5.41) is 0.577. The summed E-state index contributed by atoms with van der Waals surface area (Å²) in [6, 6.07) is 13.7. The summed E-state index contributed by atoms with van der Waals surface area (Å²) in [4.78, 5) is 0. The molecule has 2 nitrogen and oxygen atoms in total. The maximum absolute atomic E-state index is 6.22. The Morgan fingerprint density at radius 1 is 0.950 bits per heavy atom.